The van der Waals surface area contributed by atoms with E-state index >= 15 is 0 Å². The van der Waals surface area contributed by atoms with Gasteiger partial charge in [-0.1, -0.05) is 33.6 Å². The van der Waals surface area contributed by atoms with Gasteiger partial charge in [-0.3, -0.25) is 9.69 Å². The van der Waals surface area contributed by atoms with E-state index in [0.29, 0.717) is 11.0 Å². The van der Waals surface area contributed by atoms with Crippen molar-refractivity contribution in [2.75, 3.05) is 38.1 Å². The third-order valence-corrected chi connectivity index (χ3v) is 7.40. The first-order chi connectivity index (χ1) is 13.0. The predicted molar refractivity (Wildman–Crippen MR) is 111 cm³/mol. The molecule has 5 heteroatoms. The molecule has 5 nitrogen and oxygen atoms in total. The molecule has 1 saturated heterocycles. The number of carbonyl (C=O) groups excluding carboxylic acids is 1. The van der Waals surface area contributed by atoms with Gasteiger partial charge >= 0.3 is 0 Å². The van der Waals surface area contributed by atoms with Crippen LogP contribution in [0.5, 0.6) is 0 Å². The molecule has 2 fully saturated rings. The van der Waals surface area contributed by atoms with E-state index in [4.69, 9.17) is 0 Å². The van der Waals surface area contributed by atoms with Crippen molar-refractivity contribution in [2.45, 2.75) is 58.9 Å². The van der Waals surface area contributed by atoms with Gasteiger partial charge in [0.15, 0.2) is 0 Å². The number of nitrogens with zero attached hydrogens (tertiary/aromatic N) is 3. The number of nitrogens with one attached hydrogen (secondary N) is 1. The topological polar surface area (TPSA) is 48.5 Å². The lowest BCUT2D eigenvalue weighted by atomic mass is 9.72. The number of piperazine rings is 1. The zero-order valence-electron chi connectivity index (χ0n) is 17.5. The smallest absolute Gasteiger partial charge is 0.252 e. The van der Waals surface area contributed by atoms with Crippen molar-refractivity contribution in [3.05, 3.63) is 23.9 Å². The van der Waals surface area contributed by atoms with Gasteiger partial charge in [0.25, 0.3) is 5.91 Å². The minimum Gasteiger partial charge on any atom is -0.355 e. The zero-order valence-corrected chi connectivity index (χ0v) is 17.5. The molecule has 1 saturated carbocycles. The Kier molecular flexibility index (Phi) is 6.40. The fraction of sp³-hybridized carbons (Fsp3) is 0.727. The lowest BCUT2D eigenvalue weighted by molar-refractivity contribution is 0.0962. The SMILES string of the molecule is CCC(C)(CC)C1CC[C@@H](N2CCN(c3ccc(C(=O)NC)cn3)CC2)C1. The summed E-state index contributed by atoms with van der Waals surface area (Å²) in [7, 11) is 1.65. The van der Waals surface area contributed by atoms with Crippen LogP contribution in [0.1, 0.15) is 63.2 Å². The van der Waals surface area contributed by atoms with Crippen molar-refractivity contribution in [1.29, 1.82) is 0 Å². The molecule has 2 aliphatic rings. The highest BCUT2D eigenvalue weighted by Gasteiger charge is 2.39. The summed E-state index contributed by atoms with van der Waals surface area (Å²) in [5, 5.41) is 2.64. The molecule has 0 radical (unpaired) electrons. The second-order valence-electron chi connectivity index (χ2n) is 8.53. The van der Waals surface area contributed by atoms with E-state index in [1.165, 1.54) is 32.1 Å². The third kappa shape index (κ3) is 4.29. The van der Waals surface area contributed by atoms with Crippen LogP contribution in [0.4, 0.5) is 5.82 Å². The summed E-state index contributed by atoms with van der Waals surface area (Å²) in [5.74, 6) is 1.78. The molecule has 2 heterocycles. The van der Waals surface area contributed by atoms with E-state index in [9.17, 15) is 4.79 Å². The Balaban J connectivity index is 1.53. The first-order valence-electron chi connectivity index (χ1n) is 10.7. The maximum atomic E-state index is 11.7. The molecule has 1 unspecified atom stereocenters. The minimum absolute atomic E-state index is 0.0826. The largest absolute Gasteiger partial charge is 0.355 e. The zero-order chi connectivity index (χ0) is 19.4. The standard InChI is InChI=1S/C22H36N4O/c1-5-22(3,6-2)18-8-9-19(15-18)25-11-13-26(14-12-25)20-10-7-17(16-24-20)21(27)23-4/h7,10,16,18-19H,5-6,8-9,11-15H2,1-4H3,(H,23,27)/t18?,19-/m1/s1. The molecule has 1 aliphatic carbocycles. The molecule has 0 spiro atoms. The van der Waals surface area contributed by atoms with Crippen LogP contribution in [0.25, 0.3) is 0 Å². The number of amides is 1. The van der Waals surface area contributed by atoms with Crippen LogP contribution >= 0.6 is 0 Å². The number of anilines is 1. The van der Waals surface area contributed by atoms with Gasteiger partial charge in [0.2, 0.25) is 0 Å². The molecule has 1 aromatic rings. The van der Waals surface area contributed by atoms with Crippen LogP contribution in [-0.2, 0) is 0 Å². The van der Waals surface area contributed by atoms with Gasteiger partial charge in [-0.2, -0.15) is 0 Å². The third-order valence-electron chi connectivity index (χ3n) is 7.40. The Morgan fingerprint density at radius 2 is 1.89 bits per heavy atom. The maximum Gasteiger partial charge on any atom is 0.252 e. The first-order valence-corrected chi connectivity index (χ1v) is 10.7. The van der Waals surface area contributed by atoms with Crippen LogP contribution in [0.15, 0.2) is 18.3 Å². The summed E-state index contributed by atoms with van der Waals surface area (Å²) in [6.07, 6.45) is 8.40. The average Bonchev–Trinajstić information content (AvgIpc) is 3.24. The number of aromatic nitrogens is 1. The Morgan fingerprint density at radius 1 is 1.19 bits per heavy atom. The highest BCUT2D eigenvalue weighted by molar-refractivity contribution is 5.93. The lowest BCUT2D eigenvalue weighted by Crippen LogP contribution is -2.50. The quantitative estimate of drug-likeness (QED) is 0.829. The molecule has 0 bridgehead atoms. The summed E-state index contributed by atoms with van der Waals surface area (Å²) < 4.78 is 0. The molecule has 1 aliphatic heterocycles. The summed E-state index contributed by atoms with van der Waals surface area (Å²) in [4.78, 5) is 21.2. The molecule has 27 heavy (non-hydrogen) atoms. The van der Waals surface area contributed by atoms with Gasteiger partial charge in [0.1, 0.15) is 5.82 Å². The van der Waals surface area contributed by atoms with Gasteiger partial charge in [-0.25, -0.2) is 4.98 Å². The molecule has 2 atom stereocenters. The van der Waals surface area contributed by atoms with Gasteiger partial charge < -0.3 is 10.2 Å². The summed E-state index contributed by atoms with van der Waals surface area (Å²) in [6, 6.07) is 4.60. The summed E-state index contributed by atoms with van der Waals surface area (Å²) in [6.45, 7) is 11.5. The molecule has 150 valence electrons. The van der Waals surface area contributed by atoms with Gasteiger partial charge in [-0.15, -0.1) is 0 Å². The van der Waals surface area contributed by atoms with Crippen molar-refractivity contribution in [3.63, 3.8) is 0 Å². The van der Waals surface area contributed by atoms with Crippen molar-refractivity contribution < 1.29 is 4.79 Å². The molecule has 1 aromatic heterocycles. The Hall–Kier alpha value is -1.62. The Morgan fingerprint density at radius 3 is 2.44 bits per heavy atom. The van der Waals surface area contributed by atoms with Crippen molar-refractivity contribution in [3.8, 4) is 0 Å². The predicted octanol–water partition coefficient (Wildman–Crippen LogP) is 3.56. The molecular formula is C22H36N4O. The van der Waals surface area contributed by atoms with E-state index in [2.05, 4.69) is 40.9 Å². The molecule has 0 aromatic carbocycles. The number of rotatable bonds is 6. The van der Waals surface area contributed by atoms with Crippen molar-refractivity contribution in [2.24, 2.45) is 11.3 Å². The average molecular weight is 373 g/mol. The monoisotopic (exact) mass is 372 g/mol. The Bertz CT molecular complexity index is 618. The highest BCUT2D eigenvalue weighted by atomic mass is 16.1. The van der Waals surface area contributed by atoms with E-state index in [1.807, 2.05) is 12.1 Å². The number of carbonyl (C=O) groups is 1. The normalized spacial score (nSPS) is 24.2. The highest BCUT2D eigenvalue weighted by Crippen LogP contribution is 2.45. The van der Waals surface area contributed by atoms with Crippen molar-refractivity contribution in [1.82, 2.24) is 15.2 Å². The second kappa shape index (κ2) is 8.59. The maximum absolute atomic E-state index is 11.7. The number of hydrogen-bond donors (Lipinski definition) is 1. The fourth-order valence-electron chi connectivity index (χ4n) is 4.92. The Labute approximate surface area is 164 Å². The summed E-state index contributed by atoms with van der Waals surface area (Å²) >= 11 is 0. The van der Waals surface area contributed by atoms with Crippen LogP contribution in [0.3, 0.4) is 0 Å². The van der Waals surface area contributed by atoms with Gasteiger partial charge in [-0.05, 0) is 42.7 Å². The van der Waals surface area contributed by atoms with Crippen LogP contribution < -0.4 is 10.2 Å². The number of pyridine rings is 1. The van der Waals surface area contributed by atoms with Crippen LogP contribution in [0.2, 0.25) is 0 Å². The van der Waals surface area contributed by atoms with E-state index in [1.54, 1.807) is 13.2 Å². The molecule has 1 N–H and O–H groups in total. The molecule has 3 rings (SSSR count). The lowest BCUT2D eigenvalue weighted by Gasteiger charge is -2.39. The van der Waals surface area contributed by atoms with E-state index in [0.717, 1.165) is 44.0 Å². The molecule has 1 amide bonds. The van der Waals surface area contributed by atoms with Crippen LogP contribution in [0, 0.1) is 11.3 Å². The number of hydrogen-bond acceptors (Lipinski definition) is 4. The second-order valence-corrected chi connectivity index (χ2v) is 8.53. The minimum atomic E-state index is -0.0826. The fourth-order valence-corrected chi connectivity index (χ4v) is 4.92. The van der Waals surface area contributed by atoms with E-state index in [-0.39, 0.29) is 5.91 Å². The van der Waals surface area contributed by atoms with Gasteiger partial charge in [0, 0.05) is 45.5 Å². The van der Waals surface area contributed by atoms with E-state index < -0.39 is 0 Å². The first kappa shape index (κ1) is 20.1. The molecular weight excluding hydrogens is 336 g/mol. The van der Waals surface area contributed by atoms with Crippen molar-refractivity contribution >= 4 is 11.7 Å². The summed E-state index contributed by atoms with van der Waals surface area (Å²) in [5.41, 5.74) is 1.14. The van der Waals surface area contributed by atoms with Crippen LogP contribution in [-0.4, -0.2) is 55.1 Å². The van der Waals surface area contributed by atoms with Gasteiger partial charge in [0.05, 0.1) is 5.56 Å².